The molecule has 4 heteroatoms. The van der Waals surface area contributed by atoms with Crippen molar-refractivity contribution in [3.05, 3.63) is 50.1 Å². The van der Waals surface area contributed by atoms with Gasteiger partial charge >= 0.3 is 0 Å². The first kappa shape index (κ1) is 16.5. The summed E-state index contributed by atoms with van der Waals surface area (Å²) < 4.78 is 6.94. The summed E-state index contributed by atoms with van der Waals surface area (Å²) in [5.41, 5.74) is 1.25. The van der Waals surface area contributed by atoms with Gasteiger partial charge in [-0.05, 0) is 59.6 Å². The number of ether oxygens (including phenoxy) is 1. The van der Waals surface area contributed by atoms with E-state index in [2.05, 4.69) is 66.3 Å². The molecule has 0 saturated carbocycles. The monoisotopic (exact) mass is 367 g/mol. The van der Waals surface area contributed by atoms with Gasteiger partial charge in [0.05, 0.1) is 12.6 Å². The molecule has 0 bridgehead atoms. The highest BCUT2D eigenvalue weighted by atomic mass is 79.9. The van der Waals surface area contributed by atoms with E-state index in [1.165, 1.54) is 19.8 Å². The highest BCUT2D eigenvalue weighted by molar-refractivity contribution is 9.10. The van der Waals surface area contributed by atoms with E-state index in [1.54, 1.807) is 0 Å². The van der Waals surface area contributed by atoms with E-state index in [9.17, 15) is 0 Å². The van der Waals surface area contributed by atoms with Gasteiger partial charge in [-0.3, -0.25) is 0 Å². The van der Waals surface area contributed by atoms with E-state index in [0.717, 1.165) is 25.3 Å². The minimum absolute atomic E-state index is 0.218. The highest BCUT2D eigenvalue weighted by Crippen LogP contribution is 2.34. The maximum Gasteiger partial charge on any atom is 0.119 e. The average molecular weight is 368 g/mol. The molecule has 0 amide bonds. The summed E-state index contributed by atoms with van der Waals surface area (Å²) in [6.07, 6.45) is 1.03. The lowest BCUT2D eigenvalue weighted by Gasteiger charge is -2.18. The van der Waals surface area contributed by atoms with Crippen LogP contribution >= 0.6 is 27.3 Å². The first-order valence-electron chi connectivity index (χ1n) is 7.37. The Morgan fingerprint density at radius 2 is 2.10 bits per heavy atom. The molecule has 0 aliphatic heterocycles. The van der Waals surface area contributed by atoms with Crippen LogP contribution in [0.1, 0.15) is 41.6 Å². The van der Waals surface area contributed by atoms with Crippen LogP contribution in [0.15, 0.2) is 34.8 Å². The van der Waals surface area contributed by atoms with Crippen LogP contribution in [0, 0.1) is 6.92 Å². The van der Waals surface area contributed by atoms with E-state index in [1.807, 2.05) is 17.4 Å². The van der Waals surface area contributed by atoms with Gasteiger partial charge in [0.2, 0.25) is 0 Å². The maximum absolute atomic E-state index is 5.76. The minimum Gasteiger partial charge on any atom is -0.494 e. The molecule has 1 aromatic heterocycles. The van der Waals surface area contributed by atoms with E-state index in [0.29, 0.717) is 0 Å². The molecule has 2 aromatic rings. The Kier molecular flexibility index (Phi) is 6.27. The molecule has 0 saturated heterocycles. The number of hydrogen-bond donors (Lipinski definition) is 1. The molecule has 1 heterocycles. The van der Waals surface area contributed by atoms with Crippen LogP contribution in [0.2, 0.25) is 0 Å². The fourth-order valence-electron chi connectivity index (χ4n) is 2.21. The smallest absolute Gasteiger partial charge is 0.119 e. The molecule has 0 spiro atoms. The summed E-state index contributed by atoms with van der Waals surface area (Å²) in [5, 5.41) is 3.57. The maximum atomic E-state index is 5.76. The van der Waals surface area contributed by atoms with Crippen LogP contribution < -0.4 is 10.1 Å². The standard InChI is InChI=1S/C17H22BrNOS/c1-4-9-20-14-8-6-7-13(10-14)17(19-5-2)16-11-15(18)12(3)21-16/h6-8,10-11,17,19H,4-5,9H2,1-3H3. The predicted molar refractivity (Wildman–Crippen MR) is 94.5 cm³/mol. The van der Waals surface area contributed by atoms with Crippen molar-refractivity contribution in [1.29, 1.82) is 0 Å². The number of thiophene rings is 1. The third kappa shape index (κ3) is 4.31. The van der Waals surface area contributed by atoms with Gasteiger partial charge in [0.1, 0.15) is 5.75 Å². The Balaban J connectivity index is 2.29. The molecule has 114 valence electrons. The average Bonchev–Trinajstić information content (AvgIpc) is 2.82. The summed E-state index contributed by atoms with van der Waals surface area (Å²) in [6, 6.07) is 10.8. The van der Waals surface area contributed by atoms with Crippen LogP contribution in [0.25, 0.3) is 0 Å². The van der Waals surface area contributed by atoms with Crippen LogP contribution in [0.3, 0.4) is 0 Å². The van der Waals surface area contributed by atoms with Crippen molar-refractivity contribution in [1.82, 2.24) is 5.32 Å². The zero-order valence-electron chi connectivity index (χ0n) is 12.8. The van der Waals surface area contributed by atoms with E-state index < -0.39 is 0 Å². The summed E-state index contributed by atoms with van der Waals surface area (Å²) in [4.78, 5) is 2.64. The molecular formula is C17H22BrNOS. The first-order valence-corrected chi connectivity index (χ1v) is 8.98. The van der Waals surface area contributed by atoms with Crippen LogP contribution in [0.4, 0.5) is 0 Å². The molecule has 21 heavy (non-hydrogen) atoms. The second kappa shape index (κ2) is 7.97. The van der Waals surface area contributed by atoms with E-state index in [4.69, 9.17) is 4.74 Å². The molecule has 0 aliphatic carbocycles. The zero-order chi connectivity index (χ0) is 15.2. The number of benzene rings is 1. The molecule has 1 N–H and O–H groups in total. The van der Waals surface area contributed by atoms with Crippen molar-refractivity contribution in [2.45, 2.75) is 33.2 Å². The molecule has 1 atom stereocenters. The van der Waals surface area contributed by atoms with Crippen LogP contribution in [-0.2, 0) is 0 Å². The molecule has 0 fully saturated rings. The van der Waals surface area contributed by atoms with Crippen LogP contribution in [-0.4, -0.2) is 13.2 Å². The van der Waals surface area contributed by atoms with Gasteiger partial charge in [-0.2, -0.15) is 0 Å². The van der Waals surface area contributed by atoms with Gasteiger partial charge in [-0.25, -0.2) is 0 Å². The minimum atomic E-state index is 0.218. The third-order valence-corrected chi connectivity index (χ3v) is 5.43. The van der Waals surface area contributed by atoms with Gasteiger partial charge < -0.3 is 10.1 Å². The first-order chi connectivity index (χ1) is 10.2. The Morgan fingerprint density at radius 1 is 1.29 bits per heavy atom. The third-order valence-electron chi connectivity index (χ3n) is 3.23. The lowest BCUT2D eigenvalue weighted by molar-refractivity contribution is 0.317. The number of halogens is 1. The fraction of sp³-hybridized carbons (Fsp3) is 0.412. The van der Waals surface area contributed by atoms with Crippen LogP contribution in [0.5, 0.6) is 5.75 Å². The SMILES string of the molecule is CCCOc1cccc(C(NCC)c2cc(Br)c(C)s2)c1. The van der Waals surface area contributed by atoms with Gasteiger partial charge in [0, 0.05) is 14.2 Å². The Labute approximate surface area is 139 Å². The molecule has 2 rings (SSSR count). The van der Waals surface area contributed by atoms with Gasteiger partial charge in [-0.15, -0.1) is 11.3 Å². The molecular weight excluding hydrogens is 346 g/mol. The van der Waals surface area contributed by atoms with E-state index in [-0.39, 0.29) is 6.04 Å². The lowest BCUT2D eigenvalue weighted by atomic mass is 10.0. The summed E-state index contributed by atoms with van der Waals surface area (Å²) in [5.74, 6) is 0.949. The molecule has 0 aliphatic rings. The molecule has 2 nitrogen and oxygen atoms in total. The summed E-state index contributed by atoms with van der Waals surface area (Å²) >= 11 is 5.45. The summed E-state index contributed by atoms with van der Waals surface area (Å²) in [7, 11) is 0. The second-order valence-electron chi connectivity index (χ2n) is 4.96. The van der Waals surface area contributed by atoms with Gasteiger partial charge in [-0.1, -0.05) is 26.0 Å². The second-order valence-corrected chi connectivity index (χ2v) is 7.11. The van der Waals surface area contributed by atoms with Crippen molar-refractivity contribution in [3.8, 4) is 5.75 Å². The van der Waals surface area contributed by atoms with Crippen molar-refractivity contribution < 1.29 is 4.74 Å². The van der Waals surface area contributed by atoms with Crippen molar-refractivity contribution >= 4 is 27.3 Å². The van der Waals surface area contributed by atoms with Gasteiger partial charge in [0.25, 0.3) is 0 Å². The predicted octanol–water partition coefficient (Wildman–Crippen LogP) is 5.31. The number of hydrogen-bond acceptors (Lipinski definition) is 3. The quantitative estimate of drug-likeness (QED) is 0.715. The fourth-order valence-corrected chi connectivity index (χ4v) is 3.88. The zero-order valence-corrected chi connectivity index (χ0v) is 15.2. The van der Waals surface area contributed by atoms with E-state index >= 15 is 0 Å². The van der Waals surface area contributed by atoms with Crippen molar-refractivity contribution in [2.24, 2.45) is 0 Å². The molecule has 0 radical (unpaired) electrons. The molecule has 1 unspecified atom stereocenters. The number of aryl methyl sites for hydroxylation is 1. The number of rotatable bonds is 7. The Morgan fingerprint density at radius 3 is 2.71 bits per heavy atom. The van der Waals surface area contributed by atoms with Crippen molar-refractivity contribution in [3.63, 3.8) is 0 Å². The lowest BCUT2D eigenvalue weighted by Crippen LogP contribution is -2.21. The Bertz CT molecular complexity index is 562. The number of nitrogens with one attached hydrogen (secondary N) is 1. The van der Waals surface area contributed by atoms with Gasteiger partial charge in [0.15, 0.2) is 0 Å². The molecule has 1 aromatic carbocycles. The largest absolute Gasteiger partial charge is 0.494 e. The Hall–Kier alpha value is -0.840. The summed E-state index contributed by atoms with van der Waals surface area (Å²) in [6.45, 7) is 8.09. The van der Waals surface area contributed by atoms with Crippen molar-refractivity contribution in [2.75, 3.05) is 13.2 Å². The topological polar surface area (TPSA) is 21.3 Å². The highest BCUT2D eigenvalue weighted by Gasteiger charge is 2.17. The normalized spacial score (nSPS) is 12.4.